The van der Waals surface area contributed by atoms with Crippen molar-refractivity contribution in [2.24, 2.45) is 0 Å². The number of benzene rings is 1. The van der Waals surface area contributed by atoms with Gasteiger partial charge in [-0.25, -0.2) is 0 Å². The average Bonchev–Trinajstić information content (AvgIpc) is 2.51. The Morgan fingerprint density at radius 3 is 2.22 bits per heavy atom. The molecule has 0 aliphatic carbocycles. The number of aromatic nitrogens is 2. The molecule has 2 aromatic rings. The number of halogens is 1. The zero-order valence-corrected chi connectivity index (χ0v) is 14.8. The van der Waals surface area contributed by atoms with E-state index in [9.17, 15) is 5.26 Å². The van der Waals surface area contributed by atoms with E-state index in [0.717, 1.165) is 28.0 Å². The summed E-state index contributed by atoms with van der Waals surface area (Å²) in [7, 11) is 1.63. The first-order valence-corrected chi connectivity index (χ1v) is 7.84. The smallest absolute Gasteiger partial charge is 0.155 e. The molecule has 2 rings (SSSR count). The third kappa shape index (κ3) is 3.46. The van der Waals surface area contributed by atoms with Gasteiger partial charge in [-0.3, -0.25) is 0 Å². The van der Waals surface area contributed by atoms with Crippen molar-refractivity contribution in [3.63, 3.8) is 0 Å². The van der Waals surface area contributed by atoms with E-state index >= 15 is 0 Å². The largest absolute Gasteiger partial charge is 0.497 e. The molecule has 1 atom stereocenters. The third-order valence-electron chi connectivity index (χ3n) is 3.93. The summed E-state index contributed by atoms with van der Waals surface area (Å²) in [6.07, 6.45) is 0. The molecule has 1 aromatic heterocycles. The minimum atomic E-state index is -0.483. The maximum Gasteiger partial charge on any atom is 0.155 e. The Labute approximate surface area is 142 Å². The van der Waals surface area contributed by atoms with Crippen molar-refractivity contribution >= 4 is 11.6 Å². The number of hydrogen-bond donors (Lipinski definition) is 0. The number of ether oxygens (including phenoxy) is 1. The average molecular weight is 330 g/mol. The predicted molar refractivity (Wildman–Crippen MR) is 91.1 cm³/mol. The van der Waals surface area contributed by atoms with Crippen LogP contribution in [0.4, 0.5) is 0 Å². The molecule has 1 aromatic carbocycles. The summed E-state index contributed by atoms with van der Waals surface area (Å²) in [4.78, 5) is 0. The van der Waals surface area contributed by atoms with Gasteiger partial charge < -0.3 is 4.74 Å². The van der Waals surface area contributed by atoms with Crippen molar-refractivity contribution in [1.29, 1.82) is 5.26 Å². The van der Waals surface area contributed by atoms with E-state index in [1.54, 1.807) is 7.11 Å². The number of hydrogen-bond acceptors (Lipinski definition) is 4. The SMILES string of the molecule is COc1cc(C)c(C(C#N)c2cc(C(C)C)c(Cl)nn2)c(C)c1. The molecule has 1 heterocycles. The Hall–Kier alpha value is -2.12. The highest BCUT2D eigenvalue weighted by atomic mass is 35.5. The second kappa shape index (κ2) is 6.97. The molecule has 5 heteroatoms. The quantitative estimate of drug-likeness (QED) is 0.826. The van der Waals surface area contributed by atoms with Gasteiger partial charge in [0.25, 0.3) is 0 Å². The zero-order chi connectivity index (χ0) is 17.1. The molecule has 0 spiro atoms. The molecule has 120 valence electrons. The number of rotatable bonds is 4. The minimum Gasteiger partial charge on any atom is -0.497 e. The molecule has 0 radical (unpaired) electrons. The van der Waals surface area contributed by atoms with Crippen LogP contribution in [0.15, 0.2) is 18.2 Å². The number of aryl methyl sites for hydroxylation is 2. The fourth-order valence-corrected chi connectivity index (χ4v) is 3.05. The van der Waals surface area contributed by atoms with E-state index in [1.165, 1.54) is 0 Å². The molecular formula is C18H20ClN3O. The summed E-state index contributed by atoms with van der Waals surface area (Å²) < 4.78 is 5.29. The Balaban J connectivity index is 2.58. The lowest BCUT2D eigenvalue weighted by Gasteiger charge is -2.17. The molecule has 0 fully saturated rings. The van der Waals surface area contributed by atoms with Crippen LogP contribution < -0.4 is 4.74 Å². The predicted octanol–water partition coefficient (Wildman–Crippen LogP) is 4.53. The van der Waals surface area contributed by atoms with Gasteiger partial charge in [-0.15, -0.1) is 5.10 Å². The minimum absolute atomic E-state index is 0.217. The molecule has 0 aliphatic heterocycles. The van der Waals surface area contributed by atoms with Crippen molar-refractivity contribution in [1.82, 2.24) is 10.2 Å². The Bertz CT molecular complexity index is 742. The fourth-order valence-electron chi connectivity index (χ4n) is 2.74. The highest BCUT2D eigenvalue weighted by Gasteiger charge is 2.22. The summed E-state index contributed by atoms with van der Waals surface area (Å²) in [5.41, 5.74) is 4.46. The summed E-state index contributed by atoms with van der Waals surface area (Å²) in [6, 6.07) is 8.10. The van der Waals surface area contributed by atoms with Crippen molar-refractivity contribution in [3.8, 4) is 11.8 Å². The Morgan fingerprint density at radius 1 is 1.13 bits per heavy atom. The van der Waals surface area contributed by atoms with Gasteiger partial charge in [0.05, 0.1) is 18.9 Å². The van der Waals surface area contributed by atoms with Crippen molar-refractivity contribution in [2.45, 2.75) is 39.5 Å². The van der Waals surface area contributed by atoms with Gasteiger partial charge in [0, 0.05) is 0 Å². The highest BCUT2D eigenvalue weighted by molar-refractivity contribution is 6.30. The monoisotopic (exact) mass is 329 g/mol. The molecule has 4 nitrogen and oxygen atoms in total. The first-order valence-electron chi connectivity index (χ1n) is 7.46. The molecule has 0 saturated carbocycles. The molecule has 1 unspecified atom stereocenters. The Kier molecular flexibility index (Phi) is 5.23. The number of nitrogens with zero attached hydrogens (tertiary/aromatic N) is 3. The van der Waals surface area contributed by atoms with Gasteiger partial charge >= 0.3 is 0 Å². The van der Waals surface area contributed by atoms with Gasteiger partial charge in [-0.05, 0) is 60.2 Å². The third-order valence-corrected chi connectivity index (χ3v) is 4.23. The molecular weight excluding hydrogens is 310 g/mol. The molecule has 23 heavy (non-hydrogen) atoms. The number of nitriles is 1. The van der Waals surface area contributed by atoms with Crippen LogP contribution in [0.1, 0.15) is 53.6 Å². The zero-order valence-electron chi connectivity index (χ0n) is 14.0. The Morgan fingerprint density at radius 2 is 1.74 bits per heavy atom. The van der Waals surface area contributed by atoms with Crippen LogP contribution in [-0.4, -0.2) is 17.3 Å². The van der Waals surface area contributed by atoms with E-state index in [-0.39, 0.29) is 5.92 Å². The lowest BCUT2D eigenvalue weighted by atomic mass is 9.88. The maximum atomic E-state index is 9.73. The molecule has 0 saturated heterocycles. The van der Waals surface area contributed by atoms with Crippen LogP contribution in [0.5, 0.6) is 5.75 Å². The van der Waals surface area contributed by atoms with Crippen LogP contribution in [0.25, 0.3) is 0 Å². The first-order chi connectivity index (χ1) is 10.9. The molecule has 0 N–H and O–H groups in total. The van der Waals surface area contributed by atoms with E-state index in [2.05, 4.69) is 16.3 Å². The summed E-state index contributed by atoms with van der Waals surface area (Å²) in [5.74, 6) is 0.517. The van der Waals surface area contributed by atoms with Gasteiger partial charge in [-0.1, -0.05) is 25.4 Å². The normalized spacial score (nSPS) is 12.1. The van der Waals surface area contributed by atoms with Crippen molar-refractivity contribution < 1.29 is 4.74 Å². The molecule has 0 aliphatic rings. The van der Waals surface area contributed by atoms with Gasteiger partial charge in [0.2, 0.25) is 0 Å². The molecule has 0 bridgehead atoms. The first kappa shape index (κ1) is 17.2. The van der Waals surface area contributed by atoms with Crippen LogP contribution >= 0.6 is 11.6 Å². The van der Waals surface area contributed by atoms with Gasteiger partial charge in [0.1, 0.15) is 11.7 Å². The van der Waals surface area contributed by atoms with E-state index in [1.807, 2.05) is 45.9 Å². The van der Waals surface area contributed by atoms with Gasteiger partial charge in [-0.2, -0.15) is 10.4 Å². The van der Waals surface area contributed by atoms with Crippen molar-refractivity contribution in [3.05, 3.63) is 51.3 Å². The van der Waals surface area contributed by atoms with Crippen LogP contribution in [-0.2, 0) is 0 Å². The van der Waals surface area contributed by atoms with E-state index < -0.39 is 5.92 Å². The number of methoxy groups -OCH3 is 1. The lowest BCUT2D eigenvalue weighted by molar-refractivity contribution is 0.414. The van der Waals surface area contributed by atoms with Crippen LogP contribution in [0, 0.1) is 25.2 Å². The second-order valence-electron chi connectivity index (χ2n) is 5.91. The van der Waals surface area contributed by atoms with Crippen LogP contribution in [0.3, 0.4) is 0 Å². The second-order valence-corrected chi connectivity index (χ2v) is 6.27. The molecule has 0 amide bonds. The fraction of sp³-hybridized carbons (Fsp3) is 0.389. The summed E-state index contributed by atoms with van der Waals surface area (Å²) in [5, 5.41) is 18.3. The van der Waals surface area contributed by atoms with E-state index in [4.69, 9.17) is 16.3 Å². The topological polar surface area (TPSA) is 58.8 Å². The van der Waals surface area contributed by atoms with Gasteiger partial charge in [0.15, 0.2) is 5.15 Å². The maximum absolute atomic E-state index is 9.73. The van der Waals surface area contributed by atoms with Crippen LogP contribution in [0.2, 0.25) is 5.15 Å². The summed E-state index contributed by atoms with van der Waals surface area (Å²) >= 11 is 6.11. The summed E-state index contributed by atoms with van der Waals surface area (Å²) in [6.45, 7) is 8.03. The highest BCUT2D eigenvalue weighted by Crippen LogP contribution is 2.33. The van der Waals surface area contributed by atoms with Crippen molar-refractivity contribution in [2.75, 3.05) is 7.11 Å². The lowest BCUT2D eigenvalue weighted by Crippen LogP contribution is -2.09. The van der Waals surface area contributed by atoms with E-state index in [0.29, 0.717) is 10.8 Å². The standard InChI is InChI=1S/C18H20ClN3O/c1-10(2)14-8-16(21-22-18(14)19)15(9-20)17-11(3)6-13(23-5)7-12(17)4/h6-8,10,15H,1-5H3.